The second-order valence-electron chi connectivity index (χ2n) is 15.5. The molecule has 0 saturated carbocycles. The number of aryl methyl sites for hydroxylation is 2. The molecular weight excluding hydrogens is 841 g/mol. The molecule has 0 unspecified atom stereocenters. The molecule has 4 rings (SSSR count). The van der Waals surface area contributed by atoms with Crippen molar-refractivity contribution in [3.8, 4) is 34.5 Å². The van der Waals surface area contributed by atoms with Crippen molar-refractivity contribution in [3.63, 3.8) is 0 Å². The SMILES string of the molecule is CCCCCCCCCCCCc1ccc(S(=O)(=O)O)cc1Oc1ccc(O)cc1.CCCCCCCCCCCCc1ccc(S(=O)(=O)[O-])cc1Oc1ccc([O-])cc1.[Ca+2]. The van der Waals surface area contributed by atoms with Crippen LogP contribution >= 0.6 is 0 Å². The third kappa shape index (κ3) is 22.9. The number of hydrogen-bond acceptors (Lipinski definition) is 9. The number of aromatic hydroxyl groups is 1. The number of phenolic OH excluding ortho intramolecular Hbond substituents is 1. The first-order valence-corrected chi connectivity index (χ1v) is 24.8. The molecule has 0 amide bonds. The number of ether oxygens (including phenoxy) is 2. The molecule has 4 aromatic carbocycles. The van der Waals surface area contributed by atoms with Gasteiger partial charge < -0.3 is 24.2 Å². The summed E-state index contributed by atoms with van der Waals surface area (Å²) >= 11 is 0. The number of hydrogen-bond donors (Lipinski definition) is 2. The minimum Gasteiger partial charge on any atom is -0.872 e. The van der Waals surface area contributed by atoms with Crippen molar-refractivity contribution in [1.29, 1.82) is 0 Å². The van der Waals surface area contributed by atoms with Crippen LogP contribution in [-0.2, 0) is 33.1 Å². The van der Waals surface area contributed by atoms with Crippen molar-refractivity contribution in [1.82, 2.24) is 0 Å². The summed E-state index contributed by atoms with van der Waals surface area (Å²) in [6, 6.07) is 20.8. The minimum atomic E-state index is -4.57. The van der Waals surface area contributed by atoms with Gasteiger partial charge in [-0.05, 0) is 91.4 Å². The first kappa shape index (κ1) is 54.3. The van der Waals surface area contributed by atoms with E-state index in [0.29, 0.717) is 23.0 Å². The molecule has 0 spiro atoms. The Bertz CT molecular complexity index is 1870. The van der Waals surface area contributed by atoms with E-state index in [1.807, 2.05) is 0 Å². The predicted molar refractivity (Wildman–Crippen MR) is 242 cm³/mol. The van der Waals surface area contributed by atoms with Crippen LogP contribution in [0.5, 0.6) is 34.5 Å². The molecule has 0 aliphatic rings. The molecule has 332 valence electrons. The maximum Gasteiger partial charge on any atom is 2.00 e. The van der Waals surface area contributed by atoms with E-state index < -0.39 is 20.2 Å². The number of unbranched alkanes of at least 4 members (excludes halogenated alkanes) is 18. The molecule has 0 aliphatic carbocycles. The summed E-state index contributed by atoms with van der Waals surface area (Å²) in [6.45, 7) is 4.46. The van der Waals surface area contributed by atoms with Crippen molar-refractivity contribution in [2.75, 3.05) is 0 Å². The standard InChI is InChI=1S/2C24H34O5S.Ca/c2*1-2-3-4-5-6-7-8-9-10-11-12-20-13-18-23(30(26,27)28)19-24(20)29-22-16-14-21(25)15-17-22;/h2*13-19,25H,2-12H2,1H3,(H,26,27,28);/q;;+2/p-2. The van der Waals surface area contributed by atoms with Crippen LogP contribution in [0.15, 0.2) is 94.7 Å². The first-order valence-electron chi connectivity index (χ1n) is 21.9. The largest absolute Gasteiger partial charge is 2.00 e. The first-order chi connectivity index (χ1) is 28.8. The Morgan fingerprint density at radius 2 is 0.836 bits per heavy atom. The predicted octanol–water partition coefficient (Wildman–Crippen LogP) is 12.4. The van der Waals surface area contributed by atoms with Crippen LogP contribution in [0, 0.1) is 0 Å². The molecule has 13 heteroatoms. The van der Waals surface area contributed by atoms with Crippen molar-refractivity contribution in [2.24, 2.45) is 0 Å². The van der Waals surface area contributed by atoms with Gasteiger partial charge in [0.15, 0.2) is 0 Å². The Balaban J connectivity index is 0.000000413. The van der Waals surface area contributed by atoms with Gasteiger partial charge in [0.2, 0.25) is 0 Å². The third-order valence-corrected chi connectivity index (χ3v) is 12.1. The topological polar surface area (TPSA) is 173 Å². The summed E-state index contributed by atoms with van der Waals surface area (Å²) in [5.74, 6) is 1.67. The summed E-state index contributed by atoms with van der Waals surface area (Å²) in [7, 11) is -8.87. The molecule has 0 aliphatic heterocycles. The molecule has 0 aromatic heterocycles. The van der Waals surface area contributed by atoms with E-state index >= 15 is 0 Å². The zero-order valence-electron chi connectivity index (χ0n) is 36.3. The van der Waals surface area contributed by atoms with Crippen LogP contribution in [0.4, 0.5) is 0 Å². The Morgan fingerprint density at radius 3 is 1.21 bits per heavy atom. The van der Waals surface area contributed by atoms with Crippen molar-refractivity contribution in [3.05, 3.63) is 96.1 Å². The van der Waals surface area contributed by atoms with Gasteiger partial charge in [0.25, 0.3) is 10.1 Å². The zero-order chi connectivity index (χ0) is 43.6. The van der Waals surface area contributed by atoms with Gasteiger partial charge in [0, 0.05) is 6.07 Å². The Labute approximate surface area is 396 Å². The fourth-order valence-electron chi connectivity index (χ4n) is 6.87. The number of rotatable bonds is 28. The Morgan fingerprint density at radius 1 is 0.492 bits per heavy atom. The van der Waals surface area contributed by atoms with Crippen molar-refractivity contribution < 1.29 is 45.6 Å². The summed E-state index contributed by atoms with van der Waals surface area (Å²) in [5, 5.41) is 20.7. The molecule has 0 saturated heterocycles. The molecule has 0 bridgehead atoms. The van der Waals surface area contributed by atoms with Crippen molar-refractivity contribution in [2.45, 2.75) is 165 Å². The molecular formula is C48H66CaO10S2. The molecule has 0 radical (unpaired) electrons. The van der Waals surface area contributed by atoms with E-state index in [0.717, 1.165) is 49.7 Å². The summed E-state index contributed by atoms with van der Waals surface area (Å²) in [4.78, 5) is -0.507. The van der Waals surface area contributed by atoms with Crippen LogP contribution in [0.2, 0.25) is 0 Å². The van der Waals surface area contributed by atoms with E-state index in [2.05, 4.69) is 13.8 Å². The number of phenols is 1. The van der Waals surface area contributed by atoms with Gasteiger partial charge in [-0.15, -0.1) is 5.75 Å². The molecule has 61 heavy (non-hydrogen) atoms. The number of benzene rings is 4. The van der Waals surface area contributed by atoms with Gasteiger partial charge in [-0.25, -0.2) is 8.42 Å². The second-order valence-corrected chi connectivity index (χ2v) is 18.3. The minimum absolute atomic E-state index is 0. The van der Waals surface area contributed by atoms with Gasteiger partial charge in [0.1, 0.15) is 38.9 Å². The fourth-order valence-corrected chi connectivity index (χ4v) is 7.85. The van der Waals surface area contributed by atoms with E-state index in [-0.39, 0.29) is 59.0 Å². The monoisotopic (exact) mass is 906 g/mol. The average Bonchev–Trinajstić information content (AvgIpc) is 3.21. The third-order valence-electron chi connectivity index (χ3n) is 10.4. The molecule has 4 aromatic rings. The molecule has 0 atom stereocenters. The summed E-state index contributed by atoms with van der Waals surface area (Å²) < 4.78 is 78.2. The summed E-state index contributed by atoms with van der Waals surface area (Å²) in [5.41, 5.74) is 1.75. The van der Waals surface area contributed by atoms with Crippen LogP contribution in [0.1, 0.15) is 153 Å². The van der Waals surface area contributed by atoms with Gasteiger partial charge in [-0.1, -0.05) is 154 Å². The second kappa shape index (κ2) is 30.3. The summed E-state index contributed by atoms with van der Waals surface area (Å²) in [6.07, 6.45) is 26.4. The zero-order valence-corrected chi connectivity index (χ0v) is 40.2. The van der Waals surface area contributed by atoms with E-state index in [4.69, 9.17) is 9.47 Å². The van der Waals surface area contributed by atoms with E-state index in [1.54, 1.807) is 24.3 Å². The molecule has 0 heterocycles. The van der Waals surface area contributed by atoms with Gasteiger partial charge in [-0.2, -0.15) is 8.42 Å². The fraction of sp³-hybridized carbons (Fsp3) is 0.500. The van der Waals surface area contributed by atoms with E-state index in [9.17, 15) is 36.2 Å². The van der Waals surface area contributed by atoms with Crippen LogP contribution in [0.3, 0.4) is 0 Å². The molecule has 10 nitrogen and oxygen atoms in total. The normalized spacial score (nSPS) is 11.3. The van der Waals surface area contributed by atoms with Gasteiger partial charge in [-0.3, -0.25) is 4.55 Å². The maximum atomic E-state index is 11.5. The molecule has 0 fully saturated rings. The average molecular weight is 907 g/mol. The van der Waals surface area contributed by atoms with Gasteiger partial charge >= 0.3 is 37.7 Å². The van der Waals surface area contributed by atoms with E-state index in [1.165, 1.54) is 163 Å². The van der Waals surface area contributed by atoms with Crippen LogP contribution in [-0.4, -0.2) is 68.8 Å². The smallest absolute Gasteiger partial charge is 0.872 e. The quantitative estimate of drug-likeness (QED) is 0.0317. The Hall–Kier alpha value is -2.84. The maximum absolute atomic E-state index is 11.5. The molecule has 2 N–H and O–H groups in total. The van der Waals surface area contributed by atoms with Crippen molar-refractivity contribution >= 4 is 58.0 Å². The van der Waals surface area contributed by atoms with Gasteiger partial charge in [0.05, 0.1) is 9.79 Å². The van der Waals surface area contributed by atoms with Crippen LogP contribution in [0.25, 0.3) is 0 Å². The van der Waals surface area contributed by atoms with Crippen LogP contribution < -0.4 is 14.6 Å². The Kier molecular flexibility index (Phi) is 27.0.